The largest absolute Gasteiger partial charge is 0.457 e. The van der Waals surface area contributed by atoms with Gasteiger partial charge in [-0.3, -0.25) is 0 Å². The molecular weight excluding hydrogens is 437 g/mol. The molecule has 0 aliphatic rings. The summed E-state index contributed by atoms with van der Waals surface area (Å²) in [6, 6.07) is 19.2. The fourth-order valence-electron chi connectivity index (χ4n) is 3.83. The molecule has 0 spiro atoms. The molecule has 0 aliphatic carbocycles. The topological polar surface area (TPSA) is 51.0 Å². The Morgan fingerprint density at radius 3 is 2.38 bits per heavy atom. The standard InChI is InChI=1S/C25H22ClF3N2O/c26-17-14-21-20(11-4-5-12-30)23(31-24(21)22(15-17)25(27,28)29)16-7-6-10-19(13-16)32-18-8-2-1-3-9-18/h1-3,6-10,13-15,31H,4-5,11-12,30H2. The lowest BCUT2D eigenvalue weighted by molar-refractivity contribution is -0.136. The second kappa shape index (κ2) is 9.27. The highest BCUT2D eigenvalue weighted by Gasteiger charge is 2.34. The van der Waals surface area contributed by atoms with Gasteiger partial charge >= 0.3 is 6.18 Å². The number of ether oxygens (including phenoxy) is 1. The quantitative estimate of drug-likeness (QED) is 0.280. The highest BCUT2D eigenvalue weighted by Crippen LogP contribution is 2.41. The van der Waals surface area contributed by atoms with Gasteiger partial charge in [0, 0.05) is 21.7 Å². The van der Waals surface area contributed by atoms with Gasteiger partial charge in [0.05, 0.1) is 11.1 Å². The maximum absolute atomic E-state index is 13.7. The number of aromatic nitrogens is 1. The molecule has 0 saturated heterocycles. The van der Waals surface area contributed by atoms with Crippen LogP contribution >= 0.6 is 11.6 Å². The molecule has 0 aliphatic heterocycles. The molecule has 4 aromatic rings. The predicted molar refractivity (Wildman–Crippen MR) is 122 cm³/mol. The molecule has 4 rings (SSSR count). The molecule has 0 unspecified atom stereocenters. The maximum Gasteiger partial charge on any atom is 0.418 e. The van der Waals surface area contributed by atoms with Crippen LogP contribution in [-0.2, 0) is 12.6 Å². The van der Waals surface area contributed by atoms with Gasteiger partial charge < -0.3 is 15.5 Å². The molecule has 0 bridgehead atoms. The van der Waals surface area contributed by atoms with E-state index in [9.17, 15) is 13.2 Å². The third-order valence-electron chi connectivity index (χ3n) is 5.27. The van der Waals surface area contributed by atoms with Gasteiger partial charge in [-0.05, 0) is 67.8 Å². The van der Waals surface area contributed by atoms with E-state index >= 15 is 0 Å². The number of halogens is 4. The van der Waals surface area contributed by atoms with Gasteiger partial charge in [0.15, 0.2) is 0 Å². The Balaban J connectivity index is 1.84. The van der Waals surface area contributed by atoms with Crippen LogP contribution < -0.4 is 10.5 Å². The van der Waals surface area contributed by atoms with E-state index in [1.807, 2.05) is 54.6 Å². The van der Waals surface area contributed by atoms with E-state index in [0.717, 1.165) is 30.0 Å². The Bertz CT molecular complexity index is 1220. The summed E-state index contributed by atoms with van der Waals surface area (Å²) < 4.78 is 47.1. The molecule has 0 amide bonds. The van der Waals surface area contributed by atoms with E-state index in [4.69, 9.17) is 22.1 Å². The summed E-state index contributed by atoms with van der Waals surface area (Å²) in [6.07, 6.45) is -2.42. The third kappa shape index (κ3) is 4.76. The fraction of sp³-hybridized carbons (Fsp3) is 0.200. The van der Waals surface area contributed by atoms with E-state index in [1.54, 1.807) is 6.07 Å². The van der Waals surface area contributed by atoms with Gasteiger partial charge in [0.25, 0.3) is 0 Å². The molecule has 0 radical (unpaired) electrons. The van der Waals surface area contributed by atoms with Crippen molar-refractivity contribution in [2.75, 3.05) is 6.54 Å². The second-order valence-electron chi connectivity index (χ2n) is 7.54. The van der Waals surface area contributed by atoms with Crippen molar-refractivity contribution in [3.63, 3.8) is 0 Å². The summed E-state index contributed by atoms with van der Waals surface area (Å²) in [6.45, 7) is 0.520. The number of rotatable bonds is 7. The fourth-order valence-corrected chi connectivity index (χ4v) is 4.05. The average Bonchev–Trinajstić information content (AvgIpc) is 3.12. The third-order valence-corrected chi connectivity index (χ3v) is 5.49. The van der Waals surface area contributed by atoms with Crippen LogP contribution in [0.25, 0.3) is 22.2 Å². The van der Waals surface area contributed by atoms with Crippen LogP contribution in [0.5, 0.6) is 11.5 Å². The van der Waals surface area contributed by atoms with E-state index in [0.29, 0.717) is 35.5 Å². The molecular formula is C25H22ClF3N2O. The minimum atomic E-state index is -4.53. The van der Waals surface area contributed by atoms with Crippen LogP contribution in [0, 0.1) is 0 Å². The van der Waals surface area contributed by atoms with Crippen LogP contribution in [0.15, 0.2) is 66.7 Å². The Labute approximate surface area is 189 Å². The number of fused-ring (bicyclic) bond motifs is 1. The number of para-hydroxylation sites is 1. The first-order valence-corrected chi connectivity index (χ1v) is 10.7. The van der Waals surface area contributed by atoms with Crippen molar-refractivity contribution >= 4 is 22.5 Å². The van der Waals surface area contributed by atoms with Crippen LogP contribution in [0.3, 0.4) is 0 Å². The van der Waals surface area contributed by atoms with E-state index in [1.165, 1.54) is 0 Å². The molecule has 3 aromatic carbocycles. The number of aromatic amines is 1. The molecule has 3 N–H and O–H groups in total. The van der Waals surface area contributed by atoms with Gasteiger partial charge in [-0.15, -0.1) is 0 Å². The number of hydrogen-bond donors (Lipinski definition) is 2. The first-order valence-electron chi connectivity index (χ1n) is 10.3. The van der Waals surface area contributed by atoms with Crippen molar-refractivity contribution in [2.45, 2.75) is 25.4 Å². The monoisotopic (exact) mass is 458 g/mol. The van der Waals surface area contributed by atoms with E-state index in [2.05, 4.69) is 4.98 Å². The van der Waals surface area contributed by atoms with Crippen LogP contribution in [0.1, 0.15) is 24.0 Å². The Morgan fingerprint density at radius 1 is 0.906 bits per heavy atom. The molecule has 7 heteroatoms. The van der Waals surface area contributed by atoms with E-state index in [-0.39, 0.29) is 10.5 Å². The molecule has 166 valence electrons. The number of nitrogens with two attached hydrogens (primary N) is 1. The first-order chi connectivity index (χ1) is 15.4. The highest BCUT2D eigenvalue weighted by molar-refractivity contribution is 6.31. The molecule has 32 heavy (non-hydrogen) atoms. The summed E-state index contributed by atoms with van der Waals surface area (Å²) in [7, 11) is 0. The minimum absolute atomic E-state index is 0.0361. The lowest BCUT2D eigenvalue weighted by Gasteiger charge is -2.09. The summed E-state index contributed by atoms with van der Waals surface area (Å²) in [4.78, 5) is 3.04. The minimum Gasteiger partial charge on any atom is -0.457 e. The van der Waals surface area contributed by atoms with Crippen molar-refractivity contribution in [2.24, 2.45) is 5.73 Å². The zero-order valence-corrected chi connectivity index (χ0v) is 17.9. The number of unbranched alkanes of at least 4 members (excludes halogenated alkanes) is 1. The normalized spacial score (nSPS) is 11.8. The Kier molecular flexibility index (Phi) is 6.44. The first kappa shape index (κ1) is 22.2. The number of aryl methyl sites for hydroxylation is 1. The van der Waals surface area contributed by atoms with Crippen molar-refractivity contribution in [3.05, 3.63) is 82.9 Å². The summed E-state index contributed by atoms with van der Waals surface area (Å²) in [5.41, 5.74) is 7.05. The molecule has 1 aromatic heterocycles. The Morgan fingerprint density at radius 2 is 1.66 bits per heavy atom. The molecule has 1 heterocycles. The molecule has 0 fully saturated rings. The zero-order chi connectivity index (χ0) is 22.7. The highest BCUT2D eigenvalue weighted by atomic mass is 35.5. The average molecular weight is 459 g/mol. The molecule has 3 nitrogen and oxygen atoms in total. The SMILES string of the molecule is NCCCCc1c(-c2cccc(Oc3ccccc3)c2)[nH]c2c(C(F)(F)F)cc(Cl)cc12. The molecule has 0 saturated carbocycles. The van der Waals surface area contributed by atoms with Gasteiger partial charge in [-0.2, -0.15) is 13.2 Å². The van der Waals surface area contributed by atoms with Gasteiger partial charge in [0.1, 0.15) is 11.5 Å². The smallest absolute Gasteiger partial charge is 0.418 e. The number of alkyl halides is 3. The Hall–Kier alpha value is -2.96. The number of hydrogen-bond acceptors (Lipinski definition) is 2. The van der Waals surface area contributed by atoms with Crippen molar-refractivity contribution < 1.29 is 17.9 Å². The molecule has 0 atom stereocenters. The van der Waals surface area contributed by atoms with Gasteiger partial charge in [-0.25, -0.2) is 0 Å². The van der Waals surface area contributed by atoms with Crippen molar-refractivity contribution in [1.82, 2.24) is 4.98 Å². The van der Waals surface area contributed by atoms with E-state index < -0.39 is 11.7 Å². The lowest BCUT2D eigenvalue weighted by Crippen LogP contribution is -2.05. The number of nitrogens with one attached hydrogen (secondary N) is 1. The van der Waals surface area contributed by atoms with Gasteiger partial charge in [0.2, 0.25) is 0 Å². The predicted octanol–water partition coefficient (Wildman–Crippen LogP) is 7.58. The summed E-state index contributed by atoms with van der Waals surface area (Å²) in [5.74, 6) is 1.27. The van der Waals surface area contributed by atoms with Crippen LogP contribution in [-0.4, -0.2) is 11.5 Å². The maximum atomic E-state index is 13.7. The van der Waals surface area contributed by atoms with Crippen LogP contribution in [0.2, 0.25) is 5.02 Å². The van der Waals surface area contributed by atoms with Crippen LogP contribution in [0.4, 0.5) is 13.2 Å². The zero-order valence-electron chi connectivity index (χ0n) is 17.2. The van der Waals surface area contributed by atoms with Crippen molar-refractivity contribution in [1.29, 1.82) is 0 Å². The number of benzene rings is 3. The second-order valence-corrected chi connectivity index (χ2v) is 7.98. The van der Waals surface area contributed by atoms with Crippen molar-refractivity contribution in [3.8, 4) is 22.8 Å². The van der Waals surface area contributed by atoms with Gasteiger partial charge in [-0.1, -0.05) is 41.9 Å². The summed E-state index contributed by atoms with van der Waals surface area (Å²) >= 11 is 6.08. The number of H-pyrrole nitrogens is 1. The summed E-state index contributed by atoms with van der Waals surface area (Å²) in [5, 5.41) is 0.530. The lowest BCUT2D eigenvalue weighted by atomic mass is 9.99.